The first-order valence-electron chi connectivity index (χ1n) is 5.26. The van der Waals surface area contributed by atoms with Gasteiger partial charge in [0.2, 0.25) is 0 Å². The van der Waals surface area contributed by atoms with E-state index >= 15 is 0 Å². The minimum Gasteiger partial charge on any atom is -0.463 e. The Balaban J connectivity index is 2.67. The highest BCUT2D eigenvalue weighted by molar-refractivity contribution is 5.87. The van der Waals surface area contributed by atoms with E-state index in [1.807, 2.05) is 13.8 Å². The SMILES string of the molecule is CCOC(=O)c1ccnc(OCC(C)C)n1. The Morgan fingerprint density at radius 1 is 1.50 bits per heavy atom. The second-order valence-corrected chi connectivity index (χ2v) is 3.65. The standard InChI is InChI=1S/C11H16N2O3/c1-4-15-10(14)9-5-6-12-11(13-9)16-7-8(2)3/h5-6,8H,4,7H2,1-3H3. The van der Waals surface area contributed by atoms with Crippen molar-refractivity contribution in [2.24, 2.45) is 5.92 Å². The highest BCUT2D eigenvalue weighted by atomic mass is 16.5. The number of carbonyl (C=O) groups excluding carboxylic acids is 1. The molecule has 0 radical (unpaired) electrons. The second kappa shape index (κ2) is 6.05. The van der Waals surface area contributed by atoms with E-state index in [-0.39, 0.29) is 11.7 Å². The molecular formula is C11H16N2O3. The van der Waals surface area contributed by atoms with E-state index in [0.29, 0.717) is 19.1 Å². The van der Waals surface area contributed by atoms with Crippen LogP contribution in [0.2, 0.25) is 0 Å². The Hall–Kier alpha value is -1.65. The minimum absolute atomic E-state index is 0.208. The normalized spacial score (nSPS) is 10.2. The summed E-state index contributed by atoms with van der Waals surface area (Å²) in [7, 11) is 0. The van der Waals surface area contributed by atoms with Gasteiger partial charge in [-0.3, -0.25) is 0 Å². The molecule has 0 saturated carbocycles. The fourth-order valence-electron chi connectivity index (χ4n) is 0.970. The number of esters is 1. The number of rotatable bonds is 5. The molecule has 88 valence electrons. The minimum atomic E-state index is -0.459. The predicted octanol–water partition coefficient (Wildman–Crippen LogP) is 1.69. The van der Waals surface area contributed by atoms with Crippen molar-refractivity contribution in [3.05, 3.63) is 18.0 Å². The first-order valence-corrected chi connectivity index (χ1v) is 5.26. The molecular weight excluding hydrogens is 208 g/mol. The van der Waals surface area contributed by atoms with Gasteiger partial charge in [-0.05, 0) is 18.9 Å². The molecule has 0 N–H and O–H groups in total. The quantitative estimate of drug-likeness (QED) is 0.712. The topological polar surface area (TPSA) is 61.3 Å². The van der Waals surface area contributed by atoms with Crippen LogP contribution in [0.1, 0.15) is 31.3 Å². The molecule has 1 heterocycles. The van der Waals surface area contributed by atoms with E-state index in [1.165, 1.54) is 12.3 Å². The van der Waals surface area contributed by atoms with Crippen LogP contribution < -0.4 is 4.74 Å². The molecule has 5 heteroatoms. The molecule has 0 atom stereocenters. The predicted molar refractivity (Wildman–Crippen MR) is 58.3 cm³/mol. The first kappa shape index (κ1) is 12.4. The van der Waals surface area contributed by atoms with Crippen molar-refractivity contribution >= 4 is 5.97 Å². The summed E-state index contributed by atoms with van der Waals surface area (Å²) in [5.41, 5.74) is 0.218. The zero-order valence-electron chi connectivity index (χ0n) is 9.77. The lowest BCUT2D eigenvalue weighted by atomic mass is 10.2. The highest BCUT2D eigenvalue weighted by Gasteiger charge is 2.10. The molecule has 1 aromatic heterocycles. The lowest BCUT2D eigenvalue weighted by Crippen LogP contribution is -2.11. The lowest BCUT2D eigenvalue weighted by molar-refractivity contribution is 0.0517. The summed E-state index contributed by atoms with van der Waals surface area (Å²) in [5, 5.41) is 0. The third kappa shape index (κ3) is 3.84. The summed E-state index contributed by atoms with van der Waals surface area (Å²) >= 11 is 0. The average molecular weight is 224 g/mol. The molecule has 0 bridgehead atoms. The summed E-state index contributed by atoms with van der Waals surface area (Å²) in [4.78, 5) is 19.2. The van der Waals surface area contributed by atoms with Crippen molar-refractivity contribution < 1.29 is 14.3 Å². The number of nitrogens with zero attached hydrogens (tertiary/aromatic N) is 2. The molecule has 1 aromatic rings. The number of hydrogen-bond acceptors (Lipinski definition) is 5. The Kier molecular flexibility index (Phi) is 4.69. The van der Waals surface area contributed by atoms with Gasteiger partial charge in [-0.1, -0.05) is 13.8 Å². The van der Waals surface area contributed by atoms with Gasteiger partial charge in [-0.15, -0.1) is 0 Å². The second-order valence-electron chi connectivity index (χ2n) is 3.65. The smallest absolute Gasteiger partial charge is 0.357 e. The highest BCUT2D eigenvalue weighted by Crippen LogP contribution is 2.06. The van der Waals surface area contributed by atoms with Crippen LogP contribution >= 0.6 is 0 Å². The molecule has 0 aliphatic heterocycles. The molecule has 0 amide bonds. The molecule has 0 aliphatic rings. The van der Waals surface area contributed by atoms with Gasteiger partial charge in [0.25, 0.3) is 0 Å². The van der Waals surface area contributed by atoms with E-state index < -0.39 is 5.97 Å². The van der Waals surface area contributed by atoms with Crippen LogP contribution in [-0.2, 0) is 4.74 Å². The van der Waals surface area contributed by atoms with Crippen molar-refractivity contribution in [2.45, 2.75) is 20.8 Å². The summed E-state index contributed by atoms with van der Waals surface area (Å²) in [6.45, 7) is 6.64. The van der Waals surface area contributed by atoms with Crippen molar-refractivity contribution in [3.63, 3.8) is 0 Å². The van der Waals surface area contributed by atoms with E-state index in [1.54, 1.807) is 6.92 Å². The summed E-state index contributed by atoms with van der Waals surface area (Å²) in [6.07, 6.45) is 1.48. The summed E-state index contributed by atoms with van der Waals surface area (Å²) in [6, 6.07) is 1.71. The Labute approximate surface area is 94.8 Å². The molecule has 0 aromatic carbocycles. The molecule has 0 unspecified atom stereocenters. The maximum Gasteiger partial charge on any atom is 0.357 e. The number of hydrogen-bond donors (Lipinski definition) is 0. The third-order valence-corrected chi connectivity index (χ3v) is 1.66. The van der Waals surface area contributed by atoms with Crippen LogP contribution in [0.3, 0.4) is 0 Å². The molecule has 0 fully saturated rings. The Bertz CT molecular complexity index is 353. The van der Waals surface area contributed by atoms with Gasteiger partial charge in [0.15, 0.2) is 5.69 Å². The van der Waals surface area contributed by atoms with Gasteiger partial charge in [0.1, 0.15) is 0 Å². The molecule has 0 aliphatic carbocycles. The van der Waals surface area contributed by atoms with E-state index in [0.717, 1.165) is 0 Å². The van der Waals surface area contributed by atoms with E-state index in [9.17, 15) is 4.79 Å². The average Bonchev–Trinajstić information content (AvgIpc) is 2.27. The lowest BCUT2D eigenvalue weighted by Gasteiger charge is -2.07. The third-order valence-electron chi connectivity index (χ3n) is 1.66. The van der Waals surface area contributed by atoms with Crippen molar-refractivity contribution in [1.82, 2.24) is 9.97 Å². The van der Waals surface area contributed by atoms with Crippen molar-refractivity contribution in [2.75, 3.05) is 13.2 Å². The van der Waals surface area contributed by atoms with Crippen molar-refractivity contribution in [3.8, 4) is 6.01 Å². The van der Waals surface area contributed by atoms with Crippen LogP contribution in [0.5, 0.6) is 6.01 Å². The fourth-order valence-corrected chi connectivity index (χ4v) is 0.970. The van der Waals surface area contributed by atoms with E-state index in [4.69, 9.17) is 9.47 Å². The maximum atomic E-state index is 11.4. The van der Waals surface area contributed by atoms with Crippen LogP contribution in [0.4, 0.5) is 0 Å². The first-order chi connectivity index (χ1) is 7.63. The van der Waals surface area contributed by atoms with Gasteiger partial charge in [-0.2, -0.15) is 4.98 Å². The van der Waals surface area contributed by atoms with Gasteiger partial charge in [0.05, 0.1) is 13.2 Å². The number of aromatic nitrogens is 2. The Morgan fingerprint density at radius 2 is 2.25 bits per heavy atom. The fraction of sp³-hybridized carbons (Fsp3) is 0.545. The van der Waals surface area contributed by atoms with Crippen LogP contribution in [0.15, 0.2) is 12.3 Å². The molecule has 1 rings (SSSR count). The largest absolute Gasteiger partial charge is 0.463 e. The molecule has 0 saturated heterocycles. The monoisotopic (exact) mass is 224 g/mol. The summed E-state index contributed by atoms with van der Waals surface area (Å²) in [5.74, 6) is -0.0749. The molecule has 5 nitrogen and oxygen atoms in total. The zero-order valence-corrected chi connectivity index (χ0v) is 9.77. The Morgan fingerprint density at radius 3 is 2.88 bits per heavy atom. The van der Waals surface area contributed by atoms with E-state index in [2.05, 4.69) is 9.97 Å². The van der Waals surface area contributed by atoms with Gasteiger partial charge < -0.3 is 9.47 Å². The zero-order chi connectivity index (χ0) is 12.0. The maximum absolute atomic E-state index is 11.4. The van der Waals surface area contributed by atoms with Gasteiger partial charge in [0, 0.05) is 6.20 Å². The number of carbonyl (C=O) groups is 1. The van der Waals surface area contributed by atoms with Crippen LogP contribution in [-0.4, -0.2) is 29.2 Å². The van der Waals surface area contributed by atoms with Gasteiger partial charge in [-0.25, -0.2) is 9.78 Å². The van der Waals surface area contributed by atoms with Crippen LogP contribution in [0.25, 0.3) is 0 Å². The number of ether oxygens (including phenoxy) is 2. The van der Waals surface area contributed by atoms with Crippen molar-refractivity contribution in [1.29, 1.82) is 0 Å². The molecule has 0 spiro atoms. The molecule has 16 heavy (non-hydrogen) atoms. The van der Waals surface area contributed by atoms with Crippen LogP contribution in [0, 0.1) is 5.92 Å². The summed E-state index contributed by atoms with van der Waals surface area (Å²) < 4.78 is 10.1. The van der Waals surface area contributed by atoms with Gasteiger partial charge >= 0.3 is 12.0 Å².